The number of carbonyl (C=O) groups is 2. The van der Waals surface area contributed by atoms with Crippen molar-refractivity contribution in [3.63, 3.8) is 0 Å². The topological polar surface area (TPSA) is 86.6 Å². The quantitative estimate of drug-likeness (QED) is 0.570. The van der Waals surface area contributed by atoms with Gasteiger partial charge in [-0.25, -0.2) is 0 Å². The minimum Gasteiger partial charge on any atom is -0.480 e. The highest BCUT2D eigenvalue weighted by Gasteiger charge is 2.60. The van der Waals surface area contributed by atoms with Crippen molar-refractivity contribution >= 4 is 11.9 Å². The second-order valence-corrected chi connectivity index (χ2v) is 12.0. The molecular formula is C26H43NO4. The van der Waals surface area contributed by atoms with E-state index in [4.69, 9.17) is 5.11 Å². The van der Waals surface area contributed by atoms with Crippen LogP contribution in [0.1, 0.15) is 91.4 Å². The molecule has 0 saturated heterocycles. The second-order valence-electron chi connectivity index (χ2n) is 12.0. The van der Waals surface area contributed by atoms with Gasteiger partial charge in [-0.1, -0.05) is 20.8 Å². The molecule has 0 aromatic carbocycles. The van der Waals surface area contributed by atoms with Crippen molar-refractivity contribution in [3.05, 3.63) is 0 Å². The third kappa shape index (κ3) is 4.16. The van der Waals surface area contributed by atoms with Gasteiger partial charge in [0.2, 0.25) is 5.91 Å². The second kappa shape index (κ2) is 8.68. The molecule has 31 heavy (non-hydrogen) atoms. The van der Waals surface area contributed by atoms with Crippen LogP contribution in [0, 0.1) is 46.3 Å². The van der Waals surface area contributed by atoms with E-state index in [1.807, 2.05) is 0 Å². The molecule has 5 nitrogen and oxygen atoms in total. The van der Waals surface area contributed by atoms with E-state index in [0.717, 1.165) is 37.0 Å². The highest BCUT2D eigenvalue weighted by atomic mass is 16.4. The first kappa shape index (κ1) is 23.1. The number of carboxylic acids is 1. The standard InChI is InChI=1S/C26H43NO4/c1-16(4-9-23(29)27-15-24(30)31)20-7-8-21-19-6-5-17-14-18(28)10-12-25(17,2)22(19)11-13-26(20,21)3/h16-22,28H,4-15H2,1-3H3,(H,27,29)(H,30,31)/t16-,17+,18-,19-,20+,21-,22-,25-,26+/m0/s1. The summed E-state index contributed by atoms with van der Waals surface area (Å²) in [6.45, 7) is 7.13. The Morgan fingerprint density at radius 1 is 1.00 bits per heavy atom. The van der Waals surface area contributed by atoms with Gasteiger partial charge in [0.15, 0.2) is 0 Å². The SMILES string of the molecule is C[C@@H](CCC(=O)NCC(=O)O)[C@H]1CC[C@H]2[C@@H]3CC[C@@H]4C[C@@H](O)CC[C@]4(C)[C@H]3CC[C@]12C. The summed E-state index contributed by atoms with van der Waals surface area (Å²) in [6.07, 6.45) is 12.3. The fourth-order valence-electron chi connectivity index (χ4n) is 9.03. The van der Waals surface area contributed by atoms with Crippen molar-refractivity contribution in [2.75, 3.05) is 6.54 Å². The lowest BCUT2D eigenvalue weighted by atomic mass is 9.44. The van der Waals surface area contributed by atoms with Crippen LogP contribution in [0.5, 0.6) is 0 Å². The van der Waals surface area contributed by atoms with Gasteiger partial charge in [-0.05, 0) is 111 Å². The van der Waals surface area contributed by atoms with Gasteiger partial charge in [-0.15, -0.1) is 0 Å². The van der Waals surface area contributed by atoms with Gasteiger partial charge >= 0.3 is 5.97 Å². The van der Waals surface area contributed by atoms with E-state index in [2.05, 4.69) is 26.1 Å². The van der Waals surface area contributed by atoms with E-state index in [1.54, 1.807) is 0 Å². The molecule has 176 valence electrons. The van der Waals surface area contributed by atoms with Crippen molar-refractivity contribution in [3.8, 4) is 0 Å². The van der Waals surface area contributed by atoms with E-state index in [9.17, 15) is 14.7 Å². The zero-order valence-electron chi connectivity index (χ0n) is 19.7. The van der Waals surface area contributed by atoms with Crippen molar-refractivity contribution in [2.24, 2.45) is 46.3 Å². The summed E-state index contributed by atoms with van der Waals surface area (Å²) in [6, 6.07) is 0. The molecule has 0 aromatic rings. The van der Waals surface area contributed by atoms with Crippen LogP contribution in [0.2, 0.25) is 0 Å². The minimum atomic E-state index is -0.986. The van der Waals surface area contributed by atoms with Crippen LogP contribution < -0.4 is 5.32 Å². The van der Waals surface area contributed by atoms with Crippen molar-refractivity contribution in [1.82, 2.24) is 5.32 Å². The lowest BCUT2D eigenvalue weighted by Gasteiger charge is -2.61. The molecule has 0 aliphatic heterocycles. The van der Waals surface area contributed by atoms with E-state index in [1.165, 1.54) is 44.9 Å². The molecule has 4 rings (SSSR count). The maximum absolute atomic E-state index is 12.0. The summed E-state index contributed by atoms with van der Waals surface area (Å²) in [5, 5.41) is 21.5. The number of carbonyl (C=O) groups excluding carboxylic acids is 1. The van der Waals surface area contributed by atoms with Crippen LogP contribution in [0.4, 0.5) is 0 Å². The van der Waals surface area contributed by atoms with E-state index in [0.29, 0.717) is 35.0 Å². The lowest BCUT2D eigenvalue weighted by molar-refractivity contribution is -0.138. The van der Waals surface area contributed by atoms with Crippen LogP contribution in [0.15, 0.2) is 0 Å². The zero-order chi connectivity index (χ0) is 22.4. The molecule has 1 amide bonds. The Hall–Kier alpha value is -1.10. The third-order valence-electron chi connectivity index (χ3n) is 10.7. The largest absolute Gasteiger partial charge is 0.480 e. The predicted molar refractivity (Wildman–Crippen MR) is 120 cm³/mol. The predicted octanol–water partition coefficient (Wildman–Crippen LogP) is 4.62. The average Bonchev–Trinajstić information content (AvgIpc) is 3.08. The molecule has 3 N–H and O–H groups in total. The van der Waals surface area contributed by atoms with Crippen LogP contribution in [-0.4, -0.2) is 34.7 Å². The molecule has 5 heteroatoms. The first-order valence-corrected chi connectivity index (χ1v) is 12.8. The van der Waals surface area contributed by atoms with Crippen molar-refractivity contribution in [2.45, 2.75) is 97.5 Å². The number of hydrogen-bond acceptors (Lipinski definition) is 3. The summed E-state index contributed by atoms with van der Waals surface area (Å²) in [4.78, 5) is 22.7. The maximum atomic E-state index is 12.0. The fourth-order valence-corrected chi connectivity index (χ4v) is 9.03. The molecule has 0 radical (unpaired) electrons. The van der Waals surface area contributed by atoms with Gasteiger partial charge in [-0.2, -0.15) is 0 Å². The van der Waals surface area contributed by atoms with Gasteiger partial charge < -0.3 is 15.5 Å². The van der Waals surface area contributed by atoms with Crippen LogP contribution in [-0.2, 0) is 9.59 Å². The number of aliphatic hydroxyl groups is 1. The van der Waals surface area contributed by atoms with Crippen molar-refractivity contribution in [1.29, 1.82) is 0 Å². The van der Waals surface area contributed by atoms with Gasteiger partial charge in [0.05, 0.1) is 6.10 Å². The maximum Gasteiger partial charge on any atom is 0.322 e. The number of aliphatic carboxylic acids is 1. The highest BCUT2D eigenvalue weighted by Crippen LogP contribution is 2.68. The van der Waals surface area contributed by atoms with Gasteiger partial charge in [0, 0.05) is 6.42 Å². The van der Waals surface area contributed by atoms with Crippen LogP contribution in [0.25, 0.3) is 0 Å². The number of amides is 1. The zero-order valence-corrected chi connectivity index (χ0v) is 19.7. The third-order valence-corrected chi connectivity index (χ3v) is 10.7. The summed E-state index contributed by atoms with van der Waals surface area (Å²) in [5.74, 6) is 3.23. The smallest absolute Gasteiger partial charge is 0.322 e. The Morgan fingerprint density at radius 3 is 2.45 bits per heavy atom. The average molecular weight is 434 g/mol. The molecule has 9 atom stereocenters. The molecule has 4 aliphatic carbocycles. The molecule has 0 aromatic heterocycles. The lowest BCUT2D eigenvalue weighted by Crippen LogP contribution is -2.54. The van der Waals surface area contributed by atoms with Gasteiger partial charge in [-0.3, -0.25) is 9.59 Å². The van der Waals surface area contributed by atoms with E-state index >= 15 is 0 Å². The first-order chi connectivity index (χ1) is 14.6. The number of hydrogen-bond donors (Lipinski definition) is 3. The highest BCUT2D eigenvalue weighted by molar-refractivity contribution is 5.81. The Balaban J connectivity index is 1.40. The van der Waals surface area contributed by atoms with Crippen molar-refractivity contribution < 1.29 is 19.8 Å². The molecule has 0 spiro atoms. The van der Waals surface area contributed by atoms with Crippen LogP contribution in [0.3, 0.4) is 0 Å². The number of carboxylic acid groups (broad SMARTS) is 1. The number of rotatable bonds is 6. The van der Waals surface area contributed by atoms with Gasteiger partial charge in [0.1, 0.15) is 6.54 Å². The fraction of sp³-hybridized carbons (Fsp3) is 0.923. The molecule has 0 bridgehead atoms. The summed E-state index contributed by atoms with van der Waals surface area (Å²) in [7, 11) is 0. The number of aliphatic hydroxyl groups excluding tert-OH is 1. The Bertz CT molecular complexity index is 695. The molecule has 0 unspecified atom stereocenters. The first-order valence-electron chi connectivity index (χ1n) is 12.8. The molecule has 4 aliphatic rings. The number of nitrogens with one attached hydrogen (secondary N) is 1. The Labute approximate surface area is 187 Å². The summed E-state index contributed by atoms with van der Waals surface area (Å²) < 4.78 is 0. The molecular weight excluding hydrogens is 390 g/mol. The monoisotopic (exact) mass is 433 g/mol. The Kier molecular flexibility index (Phi) is 6.46. The number of fused-ring (bicyclic) bond motifs is 5. The Morgan fingerprint density at radius 2 is 1.71 bits per heavy atom. The molecule has 4 saturated carbocycles. The molecule has 0 heterocycles. The molecule has 4 fully saturated rings. The summed E-state index contributed by atoms with van der Waals surface area (Å²) in [5.41, 5.74) is 0.810. The minimum absolute atomic E-state index is 0.0760. The summed E-state index contributed by atoms with van der Waals surface area (Å²) >= 11 is 0. The van der Waals surface area contributed by atoms with Gasteiger partial charge in [0.25, 0.3) is 0 Å². The normalized spacial score (nSPS) is 45.2. The van der Waals surface area contributed by atoms with E-state index < -0.39 is 5.97 Å². The van der Waals surface area contributed by atoms with E-state index in [-0.39, 0.29) is 18.6 Å². The van der Waals surface area contributed by atoms with Crippen LogP contribution >= 0.6 is 0 Å².